The van der Waals surface area contributed by atoms with E-state index in [2.05, 4.69) is 10.4 Å². The molecule has 0 spiro atoms. The van der Waals surface area contributed by atoms with Crippen LogP contribution in [-0.2, 0) is 19.5 Å². The average molecular weight is 327 g/mol. The SMILES string of the molecule is O=C(NCc1cc2n(n1)CCCC2)c1cc(F)c(F)c(F)c1F. The molecule has 0 fully saturated rings. The second kappa shape index (κ2) is 6.02. The summed E-state index contributed by atoms with van der Waals surface area (Å²) in [5.41, 5.74) is 0.731. The Labute approximate surface area is 129 Å². The number of amides is 1. The lowest BCUT2D eigenvalue weighted by Crippen LogP contribution is -2.25. The van der Waals surface area contributed by atoms with Crippen LogP contribution in [0.2, 0.25) is 0 Å². The number of benzene rings is 1. The van der Waals surface area contributed by atoms with Crippen molar-refractivity contribution in [2.45, 2.75) is 32.4 Å². The van der Waals surface area contributed by atoms with Gasteiger partial charge in [0.05, 0.1) is 17.8 Å². The summed E-state index contributed by atoms with van der Waals surface area (Å²) in [7, 11) is 0. The average Bonchev–Trinajstić information content (AvgIpc) is 2.97. The molecule has 1 aliphatic rings. The lowest BCUT2D eigenvalue weighted by Gasteiger charge is -2.11. The minimum atomic E-state index is -2.01. The van der Waals surface area contributed by atoms with Crippen molar-refractivity contribution in [1.29, 1.82) is 0 Å². The number of nitrogens with one attached hydrogen (secondary N) is 1. The number of carbonyl (C=O) groups excluding carboxylic acids is 1. The Bertz CT molecular complexity index is 749. The molecule has 2 aromatic rings. The standard InChI is InChI=1S/C15H13F4N3O/c16-11-6-10(12(17)14(19)13(11)18)15(23)20-7-8-5-9-3-1-2-4-22(9)21-8/h5-6H,1-4,7H2,(H,20,23). The van der Waals surface area contributed by atoms with Crippen molar-refractivity contribution in [2.75, 3.05) is 0 Å². The Hall–Kier alpha value is -2.38. The van der Waals surface area contributed by atoms with Crippen molar-refractivity contribution < 1.29 is 22.4 Å². The highest BCUT2D eigenvalue weighted by Crippen LogP contribution is 2.19. The first-order valence-electron chi connectivity index (χ1n) is 7.14. The van der Waals surface area contributed by atoms with Gasteiger partial charge >= 0.3 is 0 Å². The zero-order valence-electron chi connectivity index (χ0n) is 12.0. The van der Waals surface area contributed by atoms with Gasteiger partial charge in [0.2, 0.25) is 0 Å². The van der Waals surface area contributed by atoms with E-state index >= 15 is 0 Å². The Morgan fingerprint density at radius 2 is 1.91 bits per heavy atom. The Balaban J connectivity index is 1.74. The first-order valence-corrected chi connectivity index (χ1v) is 7.14. The zero-order chi connectivity index (χ0) is 16.6. The first-order chi connectivity index (χ1) is 11.0. The van der Waals surface area contributed by atoms with E-state index in [1.807, 2.05) is 10.7 Å². The van der Waals surface area contributed by atoms with Gasteiger partial charge in [-0.05, 0) is 31.4 Å². The zero-order valence-corrected chi connectivity index (χ0v) is 12.0. The predicted molar refractivity (Wildman–Crippen MR) is 72.6 cm³/mol. The number of halogens is 4. The molecule has 0 saturated heterocycles. The third-order valence-electron chi connectivity index (χ3n) is 3.74. The largest absolute Gasteiger partial charge is 0.346 e. The summed E-state index contributed by atoms with van der Waals surface area (Å²) in [5.74, 6) is -8.32. The quantitative estimate of drug-likeness (QED) is 0.535. The Morgan fingerprint density at radius 3 is 2.65 bits per heavy atom. The summed E-state index contributed by atoms with van der Waals surface area (Å²) >= 11 is 0. The van der Waals surface area contributed by atoms with Crippen LogP contribution in [0.3, 0.4) is 0 Å². The molecule has 2 heterocycles. The van der Waals surface area contributed by atoms with Crippen LogP contribution < -0.4 is 5.32 Å². The van der Waals surface area contributed by atoms with E-state index < -0.39 is 34.7 Å². The molecule has 1 amide bonds. The molecule has 0 radical (unpaired) electrons. The third kappa shape index (κ3) is 2.93. The van der Waals surface area contributed by atoms with E-state index in [1.165, 1.54) is 0 Å². The van der Waals surface area contributed by atoms with Gasteiger partial charge in [-0.3, -0.25) is 9.48 Å². The topological polar surface area (TPSA) is 46.9 Å². The lowest BCUT2D eigenvalue weighted by molar-refractivity contribution is 0.0944. The molecule has 23 heavy (non-hydrogen) atoms. The predicted octanol–water partition coefficient (Wildman–Crippen LogP) is 2.71. The summed E-state index contributed by atoms with van der Waals surface area (Å²) in [4.78, 5) is 11.9. The second-order valence-electron chi connectivity index (χ2n) is 5.34. The van der Waals surface area contributed by atoms with Crippen molar-refractivity contribution in [2.24, 2.45) is 0 Å². The molecule has 0 atom stereocenters. The Kier molecular flexibility index (Phi) is 4.06. The van der Waals surface area contributed by atoms with Gasteiger partial charge in [0.25, 0.3) is 5.91 Å². The van der Waals surface area contributed by atoms with E-state index in [0.717, 1.165) is 31.5 Å². The molecule has 0 aliphatic carbocycles. The lowest BCUT2D eigenvalue weighted by atomic mass is 10.1. The fourth-order valence-electron chi connectivity index (χ4n) is 2.57. The molecule has 0 bridgehead atoms. The molecule has 3 rings (SSSR count). The molecule has 1 aliphatic heterocycles. The highest BCUT2D eigenvalue weighted by atomic mass is 19.2. The molecule has 4 nitrogen and oxygen atoms in total. The number of hydrogen-bond donors (Lipinski definition) is 1. The molecule has 1 N–H and O–H groups in total. The van der Waals surface area contributed by atoms with Crippen LogP contribution in [0.4, 0.5) is 17.6 Å². The second-order valence-corrected chi connectivity index (χ2v) is 5.34. The molecular weight excluding hydrogens is 314 g/mol. The minimum Gasteiger partial charge on any atom is -0.346 e. The maximum absolute atomic E-state index is 13.5. The molecule has 8 heteroatoms. The van der Waals surface area contributed by atoms with Crippen LogP contribution in [0.1, 0.15) is 34.6 Å². The van der Waals surface area contributed by atoms with Gasteiger partial charge in [0.15, 0.2) is 23.3 Å². The van der Waals surface area contributed by atoms with Crippen LogP contribution in [0.15, 0.2) is 12.1 Å². The molecule has 1 aromatic carbocycles. The van der Waals surface area contributed by atoms with E-state index in [4.69, 9.17) is 0 Å². The van der Waals surface area contributed by atoms with E-state index in [0.29, 0.717) is 11.8 Å². The normalized spacial score (nSPS) is 13.7. The smallest absolute Gasteiger partial charge is 0.254 e. The van der Waals surface area contributed by atoms with Crippen LogP contribution in [-0.4, -0.2) is 15.7 Å². The number of hydrogen-bond acceptors (Lipinski definition) is 2. The van der Waals surface area contributed by atoms with Crippen molar-refractivity contribution >= 4 is 5.91 Å². The van der Waals surface area contributed by atoms with Crippen molar-refractivity contribution in [3.63, 3.8) is 0 Å². The van der Waals surface area contributed by atoms with Crippen LogP contribution in [0, 0.1) is 23.3 Å². The van der Waals surface area contributed by atoms with Crippen LogP contribution in [0.25, 0.3) is 0 Å². The molecule has 1 aromatic heterocycles. The van der Waals surface area contributed by atoms with Crippen molar-refractivity contribution in [3.8, 4) is 0 Å². The fraction of sp³-hybridized carbons (Fsp3) is 0.333. The summed E-state index contributed by atoms with van der Waals surface area (Å²) in [6.45, 7) is 0.783. The number of carbonyl (C=O) groups is 1. The van der Waals surface area contributed by atoms with Gasteiger partial charge in [-0.25, -0.2) is 17.6 Å². The third-order valence-corrected chi connectivity index (χ3v) is 3.74. The van der Waals surface area contributed by atoms with Gasteiger partial charge in [0, 0.05) is 12.2 Å². The number of rotatable bonds is 3. The number of aromatic nitrogens is 2. The number of nitrogens with zero attached hydrogens (tertiary/aromatic N) is 2. The van der Waals surface area contributed by atoms with E-state index in [9.17, 15) is 22.4 Å². The summed E-state index contributed by atoms with van der Waals surface area (Å²) < 4.78 is 54.5. The molecule has 0 unspecified atom stereocenters. The first kappa shape index (κ1) is 15.5. The van der Waals surface area contributed by atoms with Gasteiger partial charge in [0.1, 0.15) is 0 Å². The maximum Gasteiger partial charge on any atom is 0.254 e. The fourth-order valence-corrected chi connectivity index (χ4v) is 2.57. The number of fused-ring (bicyclic) bond motifs is 1. The van der Waals surface area contributed by atoms with E-state index in [1.54, 1.807) is 0 Å². The van der Waals surface area contributed by atoms with Crippen LogP contribution >= 0.6 is 0 Å². The summed E-state index contributed by atoms with van der Waals surface area (Å²) in [6.07, 6.45) is 2.99. The van der Waals surface area contributed by atoms with E-state index in [-0.39, 0.29) is 6.54 Å². The maximum atomic E-state index is 13.5. The van der Waals surface area contributed by atoms with Crippen molar-refractivity contribution in [3.05, 3.63) is 52.4 Å². The van der Waals surface area contributed by atoms with Crippen LogP contribution in [0.5, 0.6) is 0 Å². The monoisotopic (exact) mass is 327 g/mol. The van der Waals surface area contributed by atoms with Gasteiger partial charge in [-0.15, -0.1) is 0 Å². The highest BCUT2D eigenvalue weighted by molar-refractivity contribution is 5.94. The van der Waals surface area contributed by atoms with Gasteiger partial charge in [-0.2, -0.15) is 5.10 Å². The Morgan fingerprint density at radius 1 is 1.13 bits per heavy atom. The molecule has 122 valence electrons. The summed E-state index contributed by atoms with van der Waals surface area (Å²) in [5, 5.41) is 6.62. The highest BCUT2D eigenvalue weighted by Gasteiger charge is 2.23. The van der Waals surface area contributed by atoms with Gasteiger partial charge < -0.3 is 5.32 Å². The molecule has 0 saturated carbocycles. The summed E-state index contributed by atoms with van der Waals surface area (Å²) in [6, 6.07) is 2.16. The van der Waals surface area contributed by atoms with Crippen molar-refractivity contribution in [1.82, 2.24) is 15.1 Å². The molecular formula is C15H13F4N3O. The van der Waals surface area contributed by atoms with Gasteiger partial charge in [-0.1, -0.05) is 0 Å². The minimum absolute atomic E-state index is 0.0150. The number of aryl methyl sites for hydroxylation is 2.